The van der Waals surface area contributed by atoms with E-state index >= 15 is 4.39 Å². The van der Waals surface area contributed by atoms with E-state index in [4.69, 9.17) is 15.2 Å². The van der Waals surface area contributed by atoms with Crippen LogP contribution in [0.2, 0.25) is 0 Å². The fraction of sp³-hybridized carbons (Fsp3) is 0.0833. The molecule has 0 radical (unpaired) electrons. The molecule has 4 rings (SSSR count). The second-order valence-electron chi connectivity index (χ2n) is 6.58. The summed E-state index contributed by atoms with van der Waals surface area (Å²) in [5.74, 6) is -0.296. The average molecular weight is 402 g/mol. The first-order chi connectivity index (χ1) is 14.6. The molecule has 0 saturated carbocycles. The summed E-state index contributed by atoms with van der Waals surface area (Å²) in [7, 11) is 0. The van der Waals surface area contributed by atoms with Crippen molar-refractivity contribution in [3.05, 3.63) is 84.3 Å². The maximum atomic E-state index is 15.2. The van der Waals surface area contributed by atoms with Crippen molar-refractivity contribution in [2.75, 3.05) is 12.3 Å². The molecule has 30 heavy (non-hydrogen) atoms. The van der Waals surface area contributed by atoms with Crippen molar-refractivity contribution >= 4 is 22.4 Å². The number of esters is 1. The number of ether oxygens (including phenoxy) is 2. The molecule has 0 amide bonds. The SMILES string of the molecule is CCOC(=O)c1cnc(-c2cc(Oc3ccccc3)cc3ccccc23)c(F)c1N. The molecule has 150 valence electrons. The number of rotatable bonds is 5. The van der Waals surface area contributed by atoms with Crippen molar-refractivity contribution in [2.24, 2.45) is 0 Å². The largest absolute Gasteiger partial charge is 0.462 e. The van der Waals surface area contributed by atoms with Crippen LogP contribution in [-0.4, -0.2) is 17.6 Å². The van der Waals surface area contributed by atoms with E-state index in [1.54, 1.807) is 13.0 Å². The number of nitrogens with zero attached hydrogens (tertiary/aromatic N) is 1. The van der Waals surface area contributed by atoms with Gasteiger partial charge in [-0.05, 0) is 42.0 Å². The van der Waals surface area contributed by atoms with E-state index in [1.807, 2.05) is 60.7 Å². The fourth-order valence-electron chi connectivity index (χ4n) is 3.22. The molecular formula is C24H19FN2O3. The Hall–Kier alpha value is -3.93. The maximum absolute atomic E-state index is 15.2. The first-order valence-corrected chi connectivity index (χ1v) is 9.45. The Bertz CT molecular complexity index is 1230. The van der Waals surface area contributed by atoms with Crippen LogP contribution < -0.4 is 10.5 Å². The number of carbonyl (C=O) groups is 1. The first kappa shape index (κ1) is 19.4. The fourth-order valence-corrected chi connectivity index (χ4v) is 3.22. The second-order valence-corrected chi connectivity index (χ2v) is 6.58. The van der Waals surface area contributed by atoms with Crippen LogP contribution in [0.1, 0.15) is 17.3 Å². The van der Waals surface area contributed by atoms with Gasteiger partial charge in [-0.15, -0.1) is 0 Å². The van der Waals surface area contributed by atoms with E-state index in [2.05, 4.69) is 4.98 Å². The molecule has 5 nitrogen and oxygen atoms in total. The first-order valence-electron chi connectivity index (χ1n) is 9.45. The van der Waals surface area contributed by atoms with Crippen LogP contribution in [-0.2, 0) is 4.74 Å². The lowest BCUT2D eigenvalue weighted by Gasteiger charge is -2.14. The van der Waals surface area contributed by atoms with Gasteiger partial charge in [-0.1, -0.05) is 42.5 Å². The predicted octanol–water partition coefficient (Wildman–Crippen LogP) is 5.59. The molecule has 2 N–H and O–H groups in total. The molecule has 4 aromatic rings. The lowest BCUT2D eigenvalue weighted by molar-refractivity contribution is 0.0526. The van der Waals surface area contributed by atoms with E-state index < -0.39 is 11.8 Å². The number of carbonyl (C=O) groups excluding carboxylic acids is 1. The lowest BCUT2D eigenvalue weighted by atomic mass is 10.00. The van der Waals surface area contributed by atoms with Gasteiger partial charge in [0.2, 0.25) is 0 Å². The molecule has 0 bridgehead atoms. The van der Waals surface area contributed by atoms with Crippen LogP contribution >= 0.6 is 0 Å². The number of halogens is 1. The number of para-hydroxylation sites is 1. The third kappa shape index (κ3) is 3.67. The van der Waals surface area contributed by atoms with Gasteiger partial charge in [0.05, 0.1) is 12.3 Å². The number of benzene rings is 3. The van der Waals surface area contributed by atoms with Gasteiger partial charge in [0.1, 0.15) is 22.8 Å². The van der Waals surface area contributed by atoms with Gasteiger partial charge >= 0.3 is 5.97 Å². The van der Waals surface area contributed by atoms with E-state index in [9.17, 15) is 4.79 Å². The molecule has 0 fully saturated rings. The molecule has 0 spiro atoms. The normalized spacial score (nSPS) is 10.7. The summed E-state index contributed by atoms with van der Waals surface area (Å²) in [6.07, 6.45) is 1.24. The number of anilines is 1. The third-order valence-corrected chi connectivity index (χ3v) is 4.62. The number of fused-ring (bicyclic) bond motifs is 1. The van der Waals surface area contributed by atoms with Crippen molar-refractivity contribution in [2.45, 2.75) is 6.92 Å². The molecule has 0 saturated heterocycles. The summed E-state index contributed by atoms with van der Waals surface area (Å²) in [6.45, 7) is 1.82. The Kier molecular flexibility index (Phi) is 5.30. The van der Waals surface area contributed by atoms with Gasteiger partial charge < -0.3 is 15.2 Å². The van der Waals surface area contributed by atoms with Crippen LogP contribution in [0.25, 0.3) is 22.0 Å². The molecule has 1 aromatic heterocycles. The van der Waals surface area contributed by atoms with E-state index in [0.29, 0.717) is 17.1 Å². The highest BCUT2D eigenvalue weighted by Gasteiger charge is 2.21. The number of hydrogen-bond donors (Lipinski definition) is 1. The Morgan fingerprint density at radius 1 is 1.03 bits per heavy atom. The van der Waals surface area contributed by atoms with Crippen molar-refractivity contribution in [3.63, 3.8) is 0 Å². The third-order valence-electron chi connectivity index (χ3n) is 4.62. The zero-order valence-corrected chi connectivity index (χ0v) is 16.3. The minimum absolute atomic E-state index is 0.0373. The summed E-state index contributed by atoms with van der Waals surface area (Å²) in [5, 5.41) is 1.64. The minimum atomic E-state index is -0.775. The van der Waals surface area contributed by atoms with Gasteiger partial charge in [0.25, 0.3) is 0 Å². The molecule has 0 aliphatic carbocycles. The van der Waals surface area contributed by atoms with Crippen molar-refractivity contribution < 1.29 is 18.7 Å². The quantitative estimate of drug-likeness (QED) is 0.440. The Balaban J connectivity index is 1.85. The molecule has 1 heterocycles. The van der Waals surface area contributed by atoms with E-state index in [0.717, 1.165) is 10.8 Å². The van der Waals surface area contributed by atoms with Crippen molar-refractivity contribution in [3.8, 4) is 22.8 Å². The van der Waals surface area contributed by atoms with Crippen LogP contribution in [0.3, 0.4) is 0 Å². The van der Waals surface area contributed by atoms with Crippen LogP contribution in [0, 0.1) is 5.82 Å². The summed E-state index contributed by atoms with van der Waals surface area (Å²) in [5.41, 5.74) is 6.07. The molecule has 3 aromatic carbocycles. The van der Waals surface area contributed by atoms with Gasteiger partial charge in [-0.25, -0.2) is 9.18 Å². The zero-order valence-electron chi connectivity index (χ0n) is 16.3. The minimum Gasteiger partial charge on any atom is -0.462 e. The number of pyridine rings is 1. The Morgan fingerprint density at radius 3 is 2.53 bits per heavy atom. The average Bonchev–Trinajstić information content (AvgIpc) is 2.76. The standard InChI is InChI=1S/C24H19FN2O3/c1-2-29-24(28)20-14-27-23(21(25)22(20)26)19-13-17(30-16-9-4-3-5-10-16)12-15-8-6-7-11-18(15)19/h3-14H,2H2,1H3,(H2,26,27). The molecule has 0 unspecified atom stereocenters. The highest BCUT2D eigenvalue weighted by atomic mass is 19.1. The molecule has 0 aliphatic rings. The smallest absolute Gasteiger partial charge is 0.341 e. The van der Waals surface area contributed by atoms with Crippen molar-refractivity contribution in [1.82, 2.24) is 4.98 Å². The molecule has 0 atom stereocenters. The number of hydrogen-bond acceptors (Lipinski definition) is 5. The summed E-state index contributed by atoms with van der Waals surface area (Å²) >= 11 is 0. The summed E-state index contributed by atoms with van der Waals surface area (Å²) < 4.78 is 26.1. The number of nitrogen functional groups attached to an aromatic ring is 1. The number of aromatic nitrogens is 1. The maximum Gasteiger partial charge on any atom is 0.341 e. The van der Waals surface area contributed by atoms with Gasteiger partial charge in [0, 0.05) is 11.8 Å². The van der Waals surface area contributed by atoms with Gasteiger partial charge in [0.15, 0.2) is 5.82 Å². The van der Waals surface area contributed by atoms with E-state index in [1.165, 1.54) is 6.20 Å². The Labute approximate surface area is 172 Å². The second kappa shape index (κ2) is 8.21. The van der Waals surface area contributed by atoms with Crippen LogP contribution in [0.15, 0.2) is 72.9 Å². The molecule has 0 aliphatic heterocycles. The van der Waals surface area contributed by atoms with Crippen molar-refractivity contribution in [1.29, 1.82) is 0 Å². The topological polar surface area (TPSA) is 74.4 Å². The molecule has 6 heteroatoms. The monoisotopic (exact) mass is 402 g/mol. The van der Waals surface area contributed by atoms with Crippen LogP contribution in [0.5, 0.6) is 11.5 Å². The molecular weight excluding hydrogens is 383 g/mol. The van der Waals surface area contributed by atoms with Gasteiger partial charge in [-0.2, -0.15) is 0 Å². The van der Waals surface area contributed by atoms with Crippen LogP contribution in [0.4, 0.5) is 10.1 Å². The zero-order chi connectivity index (χ0) is 21.1. The highest BCUT2D eigenvalue weighted by Crippen LogP contribution is 2.36. The Morgan fingerprint density at radius 2 is 1.77 bits per heavy atom. The number of nitrogens with two attached hydrogens (primary N) is 1. The lowest BCUT2D eigenvalue weighted by Crippen LogP contribution is -2.11. The summed E-state index contributed by atoms with van der Waals surface area (Å²) in [4.78, 5) is 16.2. The summed E-state index contributed by atoms with van der Waals surface area (Å²) in [6, 6.07) is 20.4. The predicted molar refractivity (Wildman–Crippen MR) is 114 cm³/mol. The van der Waals surface area contributed by atoms with Gasteiger partial charge in [-0.3, -0.25) is 4.98 Å². The highest BCUT2D eigenvalue weighted by molar-refractivity contribution is 6.00. The van der Waals surface area contributed by atoms with E-state index in [-0.39, 0.29) is 23.6 Å².